The molecule has 0 saturated carbocycles. The Bertz CT molecular complexity index is 630. The summed E-state index contributed by atoms with van der Waals surface area (Å²) < 4.78 is 8.25. The Hall–Kier alpha value is 0.434. The van der Waals surface area contributed by atoms with Crippen molar-refractivity contribution in [1.29, 1.82) is 0 Å². The topological polar surface area (TPSA) is 57.5 Å². The second-order valence-electron chi connectivity index (χ2n) is 20.2. The SMILES string of the molecule is CC(C)CCCCCCCCCCCCCCCO.CC(C)O.[CH2-]CCCCCCCCCCCCCCC(C)C.[CH2-]CCCCCCCCCCCCCCC(C)C.[O]=[Ti+2]. The first-order chi connectivity index (χ1) is 29.5. The maximum atomic E-state index is 8.67. The van der Waals surface area contributed by atoms with Crippen molar-refractivity contribution in [2.24, 2.45) is 17.8 Å². The molecule has 0 bridgehead atoms. The summed E-state index contributed by atoms with van der Waals surface area (Å²) >= 11 is 0.750. The number of rotatable bonds is 43. The summed E-state index contributed by atoms with van der Waals surface area (Å²) in [5.74, 6) is 2.68. The van der Waals surface area contributed by atoms with Crippen LogP contribution in [0.1, 0.15) is 325 Å². The number of hydrogen-bond acceptors (Lipinski definition) is 3. The normalized spacial score (nSPS) is 10.9. The molecule has 0 amide bonds. The molecule has 4 heteroatoms. The van der Waals surface area contributed by atoms with E-state index in [1.165, 1.54) is 250 Å². The first-order valence-electron chi connectivity index (χ1n) is 27.6. The van der Waals surface area contributed by atoms with E-state index >= 15 is 0 Å². The van der Waals surface area contributed by atoms with Crippen LogP contribution >= 0.6 is 0 Å². The Morgan fingerprint density at radius 3 is 0.557 bits per heavy atom. The van der Waals surface area contributed by atoms with Crippen molar-refractivity contribution >= 4 is 0 Å². The van der Waals surface area contributed by atoms with Gasteiger partial charge in [-0.25, -0.2) is 0 Å². The molecule has 0 aromatic heterocycles. The molecule has 0 atom stereocenters. The van der Waals surface area contributed by atoms with Crippen molar-refractivity contribution < 1.29 is 33.9 Å². The van der Waals surface area contributed by atoms with E-state index in [-0.39, 0.29) is 6.10 Å². The van der Waals surface area contributed by atoms with Crippen molar-refractivity contribution in [3.63, 3.8) is 0 Å². The van der Waals surface area contributed by atoms with Crippen molar-refractivity contribution in [2.45, 2.75) is 331 Å². The van der Waals surface area contributed by atoms with Crippen LogP contribution < -0.4 is 0 Å². The Morgan fingerprint density at radius 1 is 0.295 bits per heavy atom. The van der Waals surface area contributed by atoms with Crippen LogP contribution in [0.4, 0.5) is 0 Å². The summed E-state index contributed by atoms with van der Waals surface area (Å²) in [5.41, 5.74) is 0. The van der Waals surface area contributed by atoms with E-state index in [9.17, 15) is 0 Å². The third-order valence-electron chi connectivity index (χ3n) is 11.5. The summed E-state index contributed by atoms with van der Waals surface area (Å²) in [6.07, 6.45) is 58.9. The standard InChI is InChI=1S/C18H38O.2C18H37.C3H8O.O.Ti/c1-18(2)16-14-12-10-8-6-4-3-5-7-9-11-13-15-17-19;2*1-4-5-6-7-8-9-10-11-12-13-14-15-16-17-18(2)3;1-3(2)4;;/h18-19H,3-17H2,1-2H3;2*18H,1,4-17H2,2-3H3;3-4H,1-2H3;;/q;2*-1;;;+2. The van der Waals surface area contributed by atoms with Gasteiger partial charge < -0.3 is 24.1 Å². The van der Waals surface area contributed by atoms with Gasteiger partial charge in [-0.3, -0.25) is 0 Å². The van der Waals surface area contributed by atoms with E-state index in [4.69, 9.17) is 13.5 Å². The Morgan fingerprint density at radius 2 is 0.426 bits per heavy atom. The van der Waals surface area contributed by atoms with Crippen LogP contribution in [0, 0.1) is 31.6 Å². The fraction of sp³-hybridized carbons (Fsp3) is 0.965. The predicted octanol–water partition coefficient (Wildman–Crippen LogP) is 20.2. The van der Waals surface area contributed by atoms with Gasteiger partial charge in [-0.1, -0.05) is 292 Å². The van der Waals surface area contributed by atoms with E-state index in [2.05, 4.69) is 55.4 Å². The molecular formula is C57H120O3Ti. The molecular weight excluding hydrogens is 780 g/mol. The molecule has 0 aliphatic heterocycles. The van der Waals surface area contributed by atoms with E-state index in [1.807, 2.05) is 0 Å². The summed E-state index contributed by atoms with van der Waals surface area (Å²) in [6, 6.07) is 0. The van der Waals surface area contributed by atoms with Crippen molar-refractivity contribution in [1.82, 2.24) is 0 Å². The van der Waals surface area contributed by atoms with Gasteiger partial charge in [-0.2, -0.15) is 12.8 Å². The molecule has 0 rings (SSSR count). The third kappa shape index (κ3) is 95.7. The Kier molecular flexibility index (Phi) is 80.2. The van der Waals surface area contributed by atoms with Crippen LogP contribution in [0.15, 0.2) is 0 Å². The maximum absolute atomic E-state index is 8.67. The number of aliphatic hydroxyl groups excluding tert-OH is 2. The zero-order valence-electron chi connectivity index (χ0n) is 43.9. The average molecular weight is 901 g/mol. The molecule has 0 aliphatic carbocycles. The summed E-state index contributed by atoms with van der Waals surface area (Å²) in [4.78, 5) is 0. The van der Waals surface area contributed by atoms with Gasteiger partial charge in [-0.15, -0.1) is 0 Å². The van der Waals surface area contributed by atoms with Crippen LogP contribution in [0.25, 0.3) is 0 Å². The first-order valence-corrected chi connectivity index (χ1v) is 28.3. The average Bonchev–Trinajstić information content (AvgIpc) is 3.22. The van der Waals surface area contributed by atoms with Gasteiger partial charge in [0.15, 0.2) is 0 Å². The van der Waals surface area contributed by atoms with Gasteiger partial charge in [-0.05, 0) is 38.0 Å². The van der Waals surface area contributed by atoms with Gasteiger partial charge in [0.1, 0.15) is 0 Å². The molecule has 0 radical (unpaired) electrons. The zero-order chi connectivity index (χ0) is 46.7. The molecule has 3 nitrogen and oxygen atoms in total. The zero-order valence-corrected chi connectivity index (χ0v) is 45.5. The van der Waals surface area contributed by atoms with Crippen LogP contribution in [-0.2, 0) is 23.7 Å². The molecule has 0 aromatic carbocycles. The van der Waals surface area contributed by atoms with Gasteiger partial charge in [0.2, 0.25) is 0 Å². The predicted molar refractivity (Wildman–Crippen MR) is 274 cm³/mol. The Labute approximate surface area is 401 Å². The van der Waals surface area contributed by atoms with Gasteiger partial charge in [0.25, 0.3) is 0 Å². The van der Waals surface area contributed by atoms with Crippen LogP contribution in [0.3, 0.4) is 0 Å². The fourth-order valence-corrected chi connectivity index (χ4v) is 7.60. The van der Waals surface area contributed by atoms with Crippen LogP contribution in [-0.4, -0.2) is 22.9 Å². The molecule has 0 heterocycles. The number of unbranched alkanes of at least 4 members (excludes halogenated alkanes) is 36. The molecule has 0 aromatic rings. The van der Waals surface area contributed by atoms with Crippen LogP contribution in [0.2, 0.25) is 0 Å². The molecule has 0 fully saturated rings. The molecule has 2 N–H and O–H groups in total. The second kappa shape index (κ2) is 69.5. The number of aliphatic hydroxyl groups is 2. The minimum atomic E-state index is -0.167. The van der Waals surface area contributed by atoms with Gasteiger partial charge in [0.05, 0.1) is 0 Å². The van der Waals surface area contributed by atoms with Gasteiger partial charge in [0, 0.05) is 12.7 Å². The third-order valence-corrected chi connectivity index (χ3v) is 11.5. The van der Waals surface area contributed by atoms with E-state index in [1.54, 1.807) is 13.8 Å². The Balaban J connectivity index is -0.000000241. The quantitative estimate of drug-likeness (QED) is 0.0364. The van der Waals surface area contributed by atoms with E-state index in [0.717, 1.165) is 57.4 Å². The monoisotopic (exact) mass is 901 g/mol. The second-order valence-corrected chi connectivity index (χ2v) is 20.2. The summed E-state index contributed by atoms with van der Waals surface area (Å²) in [7, 11) is 0. The van der Waals surface area contributed by atoms with E-state index < -0.39 is 0 Å². The molecule has 0 aliphatic rings. The first kappa shape index (κ1) is 70.5. The summed E-state index contributed by atoms with van der Waals surface area (Å²) in [5, 5.41) is 16.7. The van der Waals surface area contributed by atoms with Crippen LogP contribution in [0.5, 0.6) is 0 Å². The van der Waals surface area contributed by atoms with Crippen molar-refractivity contribution in [3.05, 3.63) is 13.8 Å². The molecule has 0 saturated heterocycles. The summed E-state index contributed by atoms with van der Waals surface area (Å²) in [6.45, 7) is 25.6. The number of hydrogen-bond donors (Lipinski definition) is 2. The van der Waals surface area contributed by atoms with Crippen molar-refractivity contribution in [2.75, 3.05) is 6.61 Å². The van der Waals surface area contributed by atoms with Gasteiger partial charge >= 0.3 is 23.7 Å². The molecule has 0 unspecified atom stereocenters. The molecule has 61 heavy (non-hydrogen) atoms. The van der Waals surface area contributed by atoms with Crippen molar-refractivity contribution in [3.8, 4) is 0 Å². The molecule has 370 valence electrons. The molecule has 0 spiro atoms. The fourth-order valence-electron chi connectivity index (χ4n) is 7.60. The van der Waals surface area contributed by atoms with E-state index in [0.29, 0.717) is 6.61 Å². The minimum absolute atomic E-state index is 0.167.